The highest BCUT2D eigenvalue weighted by atomic mass is 16.5. The number of aryl methyl sites for hydroxylation is 1. The lowest BCUT2D eigenvalue weighted by Gasteiger charge is -2.35. The van der Waals surface area contributed by atoms with E-state index in [9.17, 15) is 4.79 Å². The Kier molecular flexibility index (Phi) is 5.46. The van der Waals surface area contributed by atoms with E-state index in [1.807, 2.05) is 0 Å². The maximum atomic E-state index is 12.5. The van der Waals surface area contributed by atoms with Crippen molar-refractivity contribution in [3.8, 4) is 0 Å². The topological polar surface area (TPSA) is 44.8 Å². The average Bonchev–Trinajstić information content (AvgIpc) is 3.31. The van der Waals surface area contributed by atoms with Crippen LogP contribution >= 0.6 is 0 Å². The minimum atomic E-state index is -0.262. The third-order valence-corrected chi connectivity index (χ3v) is 6.17. The van der Waals surface area contributed by atoms with E-state index in [-0.39, 0.29) is 18.1 Å². The SMILES string of the molecule is Cc1ccc(N2CC[C@@H]3C[C@@H](C(=O)NCCN4CCCC4)O[C@H]3C2)cc1. The van der Waals surface area contributed by atoms with Gasteiger partial charge in [-0.15, -0.1) is 0 Å². The van der Waals surface area contributed by atoms with Crippen molar-refractivity contribution in [1.82, 2.24) is 10.2 Å². The number of nitrogens with one attached hydrogen (secondary N) is 1. The quantitative estimate of drug-likeness (QED) is 0.877. The van der Waals surface area contributed by atoms with Gasteiger partial charge in [-0.3, -0.25) is 4.79 Å². The highest BCUT2D eigenvalue weighted by molar-refractivity contribution is 5.81. The second kappa shape index (κ2) is 7.97. The number of fused-ring (bicyclic) bond motifs is 1. The van der Waals surface area contributed by atoms with E-state index in [1.54, 1.807) is 0 Å². The first-order chi connectivity index (χ1) is 12.7. The number of rotatable bonds is 5. The number of carbonyl (C=O) groups excluding carboxylic acids is 1. The van der Waals surface area contributed by atoms with Crippen LogP contribution in [0.2, 0.25) is 0 Å². The highest BCUT2D eigenvalue weighted by Crippen LogP contribution is 2.35. The third-order valence-electron chi connectivity index (χ3n) is 6.17. The van der Waals surface area contributed by atoms with E-state index in [2.05, 4.69) is 46.3 Å². The molecule has 3 atom stereocenters. The molecule has 3 heterocycles. The molecule has 142 valence electrons. The Balaban J connectivity index is 1.26. The van der Waals surface area contributed by atoms with E-state index in [0.717, 1.165) is 39.0 Å². The van der Waals surface area contributed by atoms with Gasteiger partial charge in [0.2, 0.25) is 5.91 Å². The van der Waals surface area contributed by atoms with Crippen molar-refractivity contribution < 1.29 is 9.53 Å². The van der Waals surface area contributed by atoms with Crippen LogP contribution in [0.1, 0.15) is 31.2 Å². The summed E-state index contributed by atoms with van der Waals surface area (Å²) in [6.07, 6.45) is 4.49. The lowest BCUT2D eigenvalue weighted by Crippen LogP contribution is -2.43. The summed E-state index contributed by atoms with van der Waals surface area (Å²) >= 11 is 0. The molecule has 3 saturated heterocycles. The van der Waals surface area contributed by atoms with Crippen LogP contribution in [-0.4, -0.2) is 62.3 Å². The van der Waals surface area contributed by atoms with Crippen molar-refractivity contribution in [2.75, 3.05) is 44.2 Å². The summed E-state index contributed by atoms with van der Waals surface area (Å²) in [6, 6.07) is 8.70. The zero-order valence-corrected chi connectivity index (χ0v) is 15.8. The standard InChI is InChI=1S/C21H31N3O2/c1-16-4-6-18(7-5-16)24-12-8-17-14-19(26-20(17)15-24)21(25)22-9-13-23-10-2-3-11-23/h4-7,17,19-20H,2-3,8-15H2,1H3,(H,22,25)/t17-,19+,20+/m1/s1. The summed E-state index contributed by atoms with van der Waals surface area (Å²) in [5.74, 6) is 0.603. The Morgan fingerprint density at radius 1 is 1.19 bits per heavy atom. The predicted octanol–water partition coefficient (Wildman–Crippen LogP) is 2.19. The third kappa shape index (κ3) is 4.04. The summed E-state index contributed by atoms with van der Waals surface area (Å²) in [5.41, 5.74) is 2.54. The number of likely N-dealkylation sites (tertiary alicyclic amines) is 1. The van der Waals surface area contributed by atoms with Crippen molar-refractivity contribution in [1.29, 1.82) is 0 Å². The molecule has 0 aliphatic carbocycles. The molecule has 26 heavy (non-hydrogen) atoms. The Morgan fingerprint density at radius 3 is 2.73 bits per heavy atom. The Morgan fingerprint density at radius 2 is 1.96 bits per heavy atom. The predicted molar refractivity (Wildman–Crippen MR) is 103 cm³/mol. The fourth-order valence-electron chi connectivity index (χ4n) is 4.55. The molecule has 5 heteroatoms. The van der Waals surface area contributed by atoms with Crippen LogP contribution < -0.4 is 10.2 Å². The number of piperidine rings is 1. The second-order valence-corrected chi connectivity index (χ2v) is 8.07. The van der Waals surface area contributed by atoms with Crippen LogP contribution in [0.15, 0.2) is 24.3 Å². The van der Waals surface area contributed by atoms with Crippen LogP contribution in [0.3, 0.4) is 0 Å². The molecule has 5 nitrogen and oxygen atoms in total. The summed E-state index contributed by atoms with van der Waals surface area (Å²) in [5, 5.41) is 3.09. The van der Waals surface area contributed by atoms with Gasteiger partial charge >= 0.3 is 0 Å². The molecule has 1 aromatic carbocycles. The van der Waals surface area contributed by atoms with Gasteiger partial charge in [0.1, 0.15) is 6.10 Å². The first kappa shape index (κ1) is 17.8. The van der Waals surface area contributed by atoms with Gasteiger partial charge in [-0.1, -0.05) is 17.7 Å². The average molecular weight is 357 g/mol. The number of hydrogen-bond acceptors (Lipinski definition) is 4. The maximum Gasteiger partial charge on any atom is 0.249 e. The van der Waals surface area contributed by atoms with Crippen LogP contribution in [0.25, 0.3) is 0 Å². The van der Waals surface area contributed by atoms with Crippen LogP contribution in [0.5, 0.6) is 0 Å². The number of ether oxygens (including phenoxy) is 1. The van der Waals surface area contributed by atoms with Gasteiger partial charge < -0.3 is 19.9 Å². The number of carbonyl (C=O) groups is 1. The maximum absolute atomic E-state index is 12.5. The molecule has 3 fully saturated rings. The van der Waals surface area contributed by atoms with Gasteiger partial charge in [-0.05, 0) is 63.7 Å². The van der Waals surface area contributed by atoms with Crippen LogP contribution in [-0.2, 0) is 9.53 Å². The Bertz CT molecular complexity index is 612. The van der Waals surface area contributed by atoms with E-state index >= 15 is 0 Å². The lowest BCUT2D eigenvalue weighted by molar-refractivity contribution is -0.132. The van der Waals surface area contributed by atoms with Crippen molar-refractivity contribution >= 4 is 11.6 Å². The molecule has 4 rings (SSSR count). The monoisotopic (exact) mass is 357 g/mol. The summed E-state index contributed by atoms with van der Waals surface area (Å²) < 4.78 is 6.16. The fraction of sp³-hybridized carbons (Fsp3) is 0.667. The normalized spacial score (nSPS) is 29.0. The largest absolute Gasteiger partial charge is 0.369 e. The van der Waals surface area contributed by atoms with Gasteiger partial charge in [-0.2, -0.15) is 0 Å². The molecular formula is C21H31N3O2. The van der Waals surface area contributed by atoms with E-state index in [0.29, 0.717) is 5.92 Å². The number of amides is 1. The van der Waals surface area contributed by atoms with E-state index in [1.165, 1.54) is 37.2 Å². The van der Waals surface area contributed by atoms with Gasteiger partial charge in [-0.25, -0.2) is 0 Å². The zero-order chi connectivity index (χ0) is 17.9. The van der Waals surface area contributed by atoms with Gasteiger partial charge in [0, 0.05) is 31.9 Å². The van der Waals surface area contributed by atoms with Crippen molar-refractivity contribution in [2.24, 2.45) is 5.92 Å². The zero-order valence-electron chi connectivity index (χ0n) is 15.8. The Labute approximate surface area is 156 Å². The lowest BCUT2D eigenvalue weighted by atomic mass is 9.91. The van der Waals surface area contributed by atoms with E-state index < -0.39 is 0 Å². The molecule has 3 aliphatic heterocycles. The Hall–Kier alpha value is -1.59. The first-order valence-corrected chi connectivity index (χ1v) is 10.2. The molecule has 0 bridgehead atoms. The minimum absolute atomic E-state index is 0.0838. The van der Waals surface area contributed by atoms with Crippen molar-refractivity contribution in [2.45, 2.75) is 44.8 Å². The summed E-state index contributed by atoms with van der Waals surface area (Å²) in [7, 11) is 0. The molecule has 0 unspecified atom stereocenters. The van der Waals surface area contributed by atoms with Crippen LogP contribution in [0.4, 0.5) is 5.69 Å². The first-order valence-electron chi connectivity index (χ1n) is 10.2. The molecule has 0 radical (unpaired) electrons. The molecular weight excluding hydrogens is 326 g/mol. The number of benzene rings is 1. The molecule has 0 spiro atoms. The number of anilines is 1. The smallest absolute Gasteiger partial charge is 0.249 e. The van der Waals surface area contributed by atoms with Gasteiger partial charge in [0.05, 0.1) is 6.10 Å². The van der Waals surface area contributed by atoms with Gasteiger partial charge in [0.15, 0.2) is 0 Å². The second-order valence-electron chi connectivity index (χ2n) is 8.07. The van der Waals surface area contributed by atoms with E-state index in [4.69, 9.17) is 4.74 Å². The minimum Gasteiger partial charge on any atom is -0.369 e. The van der Waals surface area contributed by atoms with Crippen molar-refractivity contribution in [3.63, 3.8) is 0 Å². The molecule has 1 aromatic rings. The highest BCUT2D eigenvalue weighted by Gasteiger charge is 2.41. The fourth-order valence-corrected chi connectivity index (χ4v) is 4.55. The number of hydrogen-bond donors (Lipinski definition) is 1. The summed E-state index contributed by atoms with van der Waals surface area (Å²) in [4.78, 5) is 17.3. The molecule has 1 amide bonds. The molecule has 0 saturated carbocycles. The molecule has 1 N–H and O–H groups in total. The van der Waals surface area contributed by atoms with Crippen LogP contribution in [0, 0.1) is 12.8 Å². The van der Waals surface area contributed by atoms with Crippen molar-refractivity contribution in [3.05, 3.63) is 29.8 Å². The summed E-state index contributed by atoms with van der Waals surface area (Å²) in [6.45, 7) is 8.12. The van der Waals surface area contributed by atoms with Gasteiger partial charge in [0.25, 0.3) is 0 Å². The molecule has 3 aliphatic rings. The molecule has 0 aromatic heterocycles. The number of nitrogens with zero attached hydrogens (tertiary/aromatic N) is 2.